The molecule has 0 aromatic rings. The second kappa shape index (κ2) is 7.73. The Balaban J connectivity index is 2.05. The van der Waals surface area contributed by atoms with Crippen molar-refractivity contribution in [3.8, 4) is 0 Å². The van der Waals surface area contributed by atoms with Gasteiger partial charge in [0.1, 0.15) is 6.04 Å². The molecule has 4 N–H and O–H groups in total. The van der Waals surface area contributed by atoms with E-state index in [1.54, 1.807) is 0 Å². The molecule has 1 atom stereocenters. The topological polar surface area (TPSA) is 108 Å². The first kappa shape index (κ1) is 15.4. The van der Waals surface area contributed by atoms with E-state index in [1.165, 1.54) is 6.92 Å². The number of carboxylic acids is 1. The first-order valence-corrected chi connectivity index (χ1v) is 6.49. The normalized spacial score (nSPS) is 15.6. The molecule has 108 valence electrons. The van der Waals surface area contributed by atoms with Gasteiger partial charge in [-0.3, -0.25) is 9.59 Å². The monoisotopic (exact) mass is 271 g/mol. The fourth-order valence-corrected chi connectivity index (χ4v) is 1.59. The molecule has 1 fully saturated rings. The fourth-order valence-electron chi connectivity index (χ4n) is 1.59. The summed E-state index contributed by atoms with van der Waals surface area (Å²) in [6.07, 6.45) is 3.22. The zero-order chi connectivity index (χ0) is 14.3. The minimum absolute atomic E-state index is 0.0425. The Kier molecular flexibility index (Phi) is 6.27. The Hall–Kier alpha value is -1.63. The standard InChI is InChI=1S/C12H21N3O4/c1-8(16)14-10(12(18)19)7-13-6-2-3-11(17)15-9-4-5-9/h9-10,13H,2-7H2,1H3,(H,14,16)(H,15,17)(H,18,19). The van der Waals surface area contributed by atoms with Gasteiger partial charge in [0.05, 0.1) is 0 Å². The summed E-state index contributed by atoms with van der Waals surface area (Å²) in [7, 11) is 0. The molecule has 0 aromatic heterocycles. The van der Waals surface area contributed by atoms with E-state index in [0.29, 0.717) is 25.4 Å². The third kappa shape index (κ3) is 7.40. The van der Waals surface area contributed by atoms with Crippen LogP contribution in [0, 0.1) is 0 Å². The zero-order valence-corrected chi connectivity index (χ0v) is 11.1. The van der Waals surface area contributed by atoms with Crippen molar-refractivity contribution in [3.63, 3.8) is 0 Å². The molecule has 0 aliphatic heterocycles. The van der Waals surface area contributed by atoms with Crippen LogP contribution in [0.1, 0.15) is 32.6 Å². The lowest BCUT2D eigenvalue weighted by Gasteiger charge is -2.13. The van der Waals surface area contributed by atoms with E-state index >= 15 is 0 Å². The van der Waals surface area contributed by atoms with Crippen LogP contribution in [0.4, 0.5) is 0 Å². The summed E-state index contributed by atoms with van der Waals surface area (Å²) < 4.78 is 0. The molecule has 7 heteroatoms. The Morgan fingerprint density at radius 3 is 2.53 bits per heavy atom. The van der Waals surface area contributed by atoms with Crippen molar-refractivity contribution < 1.29 is 19.5 Å². The number of hydrogen-bond donors (Lipinski definition) is 4. The Morgan fingerprint density at radius 1 is 1.32 bits per heavy atom. The molecule has 1 aliphatic rings. The highest BCUT2D eigenvalue weighted by atomic mass is 16.4. The third-order valence-corrected chi connectivity index (χ3v) is 2.72. The lowest BCUT2D eigenvalue weighted by Crippen LogP contribution is -2.46. The van der Waals surface area contributed by atoms with Crippen molar-refractivity contribution >= 4 is 17.8 Å². The first-order chi connectivity index (χ1) is 8.99. The molecule has 0 saturated heterocycles. The molecule has 0 heterocycles. The Bertz CT molecular complexity index is 342. The number of nitrogens with one attached hydrogen (secondary N) is 3. The van der Waals surface area contributed by atoms with Crippen molar-refractivity contribution in [2.75, 3.05) is 13.1 Å². The highest BCUT2D eigenvalue weighted by Crippen LogP contribution is 2.18. The maximum atomic E-state index is 11.4. The number of carbonyl (C=O) groups excluding carboxylic acids is 2. The van der Waals surface area contributed by atoms with Gasteiger partial charge in [-0.25, -0.2) is 4.79 Å². The van der Waals surface area contributed by atoms with Crippen LogP contribution in [-0.2, 0) is 14.4 Å². The third-order valence-electron chi connectivity index (χ3n) is 2.72. The summed E-state index contributed by atoms with van der Waals surface area (Å²) in [5, 5.41) is 17.0. The van der Waals surface area contributed by atoms with E-state index in [0.717, 1.165) is 12.8 Å². The van der Waals surface area contributed by atoms with E-state index in [9.17, 15) is 14.4 Å². The van der Waals surface area contributed by atoms with Gasteiger partial charge >= 0.3 is 5.97 Å². The van der Waals surface area contributed by atoms with Crippen LogP contribution >= 0.6 is 0 Å². The molecule has 1 unspecified atom stereocenters. The van der Waals surface area contributed by atoms with Crippen LogP contribution in [0.5, 0.6) is 0 Å². The highest BCUT2D eigenvalue weighted by molar-refractivity contribution is 5.82. The summed E-state index contributed by atoms with van der Waals surface area (Å²) >= 11 is 0. The van der Waals surface area contributed by atoms with E-state index < -0.39 is 12.0 Å². The summed E-state index contributed by atoms with van der Waals surface area (Å²) in [4.78, 5) is 33.0. The van der Waals surface area contributed by atoms with Gasteiger partial charge in [0.25, 0.3) is 0 Å². The first-order valence-electron chi connectivity index (χ1n) is 6.49. The summed E-state index contributed by atoms with van der Waals surface area (Å²) in [6, 6.07) is -0.561. The molecule has 0 radical (unpaired) electrons. The van der Waals surface area contributed by atoms with E-state index in [4.69, 9.17) is 5.11 Å². The van der Waals surface area contributed by atoms with E-state index in [1.807, 2.05) is 0 Å². The maximum Gasteiger partial charge on any atom is 0.327 e. The minimum Gasteiger partial charge on any atom is -0.480 e. The number of rotatable bonds is 9. The van der Waals surface area contributed by atoms with Crippen molar-refractivity contribution in [3.05, 3.63) is 0 Å². The SMILES string of the molecule is CC(=O)NC(CNCCCC(=O)NC1CC1)C(=O)O. The van der Waals surface area contributed by atoms with Crippen LogP contribution < -0.4 is 16.0 Å². The maximum absolute atomic E-state index is 11.4. The van der Waals surface area contributed by atoms with Gasteiger partial charge in [0.2, 0.25) is 11.8 Å². The second-order valence-electron chi connectivity index (χ2n) is 4.74. The van der Waals surface area contributed by atoms with E-state index in [-0.39, 0.29) is 18.4 Å². The molecule has 1 rings (SSSR count). The van der Waals surface area contributed by atoms with Gasteiger partial charge in [0, 0.05) is 25.9 Å². The molecule has 2 amide bonds. The van der Waals surface area contributed by atoms with Gasteiger partial charge in [-0.15, -0.1) is 0 Å². The van der Waals surface area contributed by atoms with Crippen LogP contribution in [0.2, 0.25) is 0 Å². The van der Waals surface area contributed by atoms with Crippen molar-refractivity contribution in [2.45, 2.75) is 44.7 Å². The molecule has 0 aromatic carbocycles. The number of aliphatic carboxylic acids is 1. The summed E-state index contributed by atoms with van der Waals surface area (Å²) in [5.74, 6) is -1.41. The van der Waals surface area contributed by atoms with Crippen LogP contribution in [0.15, 0.2) is 0 Å². The fraction of sp³-hybridized carbons (Fsp3) is 0.750. The van der Waals surface area contributed by atoms with Crippen LogP contribution in [0.25, 0.3) is 0 Å². The number of hydrogen-bond acceptors (Lipinski definition) is 4. The molecule has 19 heavy (non-hydrogen) atoms. The number of amides is 2. The van der Waals surface area contributed by atoms with Gasteiger partial charge in [-0.1, -0.05) is 0 Å². The van der Waals surface area contributed by atoms with Gasteiger partial charge in [-0.05, 0) is 25.8 Å². The number of carbonyl (C=O) groups is 3. The minimum atomic E-state index is -1.07. The Morgan fingerprint density at radius 2 is 2.00 bits per heavy atom. The van der Waals surface area contributed by atoms with Crippen LogP contribution in [0.3, 0.4) is 0 Å². The molecule has 0 bridgehead atoms. The van der Waals surface area contributed by atoms with Crippen molar-refractivity contribution in [1.82, 2.24) is 16.0 Å². The average Bonchev–Trinajstić information content (AvgIpc) is 3.10. The average molecular weight is 271 g/mol. The molecule has 7 nitrogen and oxygen atoms in total. The number of carboxylic acid groups (broad SMARTS) is 1. The molecule has 1 aliphatic carbocycles. The molecule has 0 spiro atoms. The Labute approximate surface area is 112 Å². The summed E-state index contributed by atoms with van der Waals surface area (Å²) in [6.45, 7) is 1.97. The largest absolute Gasteiger partial charge is 0.480 e. The van der Waals surface area contributed by atoms with Gasteiger partial charge < -0.3 is 21.1 Å². The van der Waals surface area contributed by atoms with Crippen molar-refractivity contribution in [2.24, 2.45) is 0 Å². The van der Waals surface area contributed by atoms with E-state index in [2.05, 4.69) is 16.0 Å². The molecule has 1 saturated carbocycles. The van der Waals surface area contributed by atoms with Gasteiger partial charge in [0.15, 0.2) is 0 Å². The zero-order valence-electron chi connectivity index (χ0n) is 11.1. The van der Waals surface area contributed by atoms with Crippen LogP contribution in [-0.4, -0.2) is 48.1 Å². The second-order valence-corrected chi connectivity index (χ2v) is 4.74. The predicted octanol–water partition coefficient (Wildman–Crippen LogP) is -0.776. The highest BCUT2D eigenvalue weighted by Gasteiger charge is 2.22. The smallest absolute Gasteiger partial charge is 0.327 e. The van der Waals surface area contributed by atoms with Gasteiger partial charge in [-0.2, -0.15) is 0 Å². The predicted molar refractivity (Wildman–Crippen MR) is 68.5 cm³/mol. The summed E-state index contributed by atoms with van der Waals surface area (Å²) in [5.41, 5.74) is 0. The molecular weight excluding hydrogens is 250 g/mol. The molecular formula is C12H21N3O4. The van der Waals surface area contributed by atoms with Crippen molar-refractivity contribution in [1.29, 1.82) is 0 Å². The lowest BCUT2D eigenvalue weighted by molar-refractivity contribution is -0.141. The lowest BCUT2D eigenvalue weighted by atomic mass is 10.2. The quantitative estimate of drug-likeness (QED) is 0.412.